The molecular formula is C10H14BrNO2. The Bertz CT molecular complexity index is 315. The second-order valence-corrected chi connectivity index (χ2v) is 3.80. The van der Waals surface area contributed by atoms with Gasteiger partial charge in [0.2, 0.25) is 0 Å². The third-order valence-electron chi connectivity index (χ3n) is 2.01. The quantitative estimate of drug-likeness (QED) is 0.869. The summed E-state index contributed by atoms with van der Waals surface area (Å²) >= 11 is 3.24. The molecule has 1 aromatic carbocycles. The van der Waals surface area contributed by atoms with Gasteiger partial charge in [0.25, 0.3) is 0 Å². The van der Waals surface area contributed by atoms with E-state index in [4.69, 9.17) is 4.74 Å². The molecule has 3 nitrogen and oxygen atoms in total. The summed E-state index contributed by atoms with van der Waals surface area (Å²) in [6, 6.07) is 3.77. The number of phenolic OH excluding ortho intramolecular Hbond substituents is 1. The summed E-state index contributed by atoms with van der Waals surface area (Å²) < 4.78 is 5.80. The van der Waals surface area contributed by atoms with E-state index in [1.54, 1.807) is 7.11 Å². The van der Waals surface area contributed by atoms with Crippen LogP contribution in [0.25, 0.3) is 0 Å². The molecule has 0 atom stereocenters. The van der Waals surface area contributed by atoms with Crippen LogP contribution in [0.15, 0.2) is 16.6 Å². The lowest BCUT2D eigenvalue weighted by Gasteiger charge is -2.11. The maximum Gasteiger partial charge on any atom is 0.172 e. The van der Waals surface area contributed by atoms with Gasteiger partial charge in [-0.2, -0.15) is 0 Å². The zero-order valence-corrected chi connectivity index (χ0v) is 9.89. The third-order valence-corrected chi connectivity index (χ3v) is 2.65. The van der Waals surface area contributed by atoms with Crippen molar-refractivity contribution >= 4 is 15.9 Å². The predicted molar refractivity (Wildman–Crippen MR) is 60.0 cm³/mol. The summed E-state index contributed by atoms with van der Waals surface area (Å²) in [5, 5.41) is 12.7. The topological polar surface area (TPSA) is 41.5 Å². The Balaban J connectivity index is 2.98. The molecule has 0 fully saturated rings. The van der Waals surface area contributed by atoms with Gasteiger partial charge in [0, 0.05) is 0 Å². The van der Waals surface area contributed by atoms with E-state index >= 15 is 0 Å². The molecule has 2 N–H and O–H groups in total. The molecule has 0 spiro atoms. The second kappa shape index (κ2) is 5.22. The van der Waals surface area contributed by atoms with Crippen LogP contribution < -0.4 is 10.1 Å². The van der Waals surface area contributed by atoms with E-state index in [1.165, 1.54) is 0 Å². The third kappa shape index (κ3) is 2.39. The minimum Gasteiger partial charge on any atom is -0.503 e. The molecule has 0 aliphatic rings. The summed E-state index contributed by atoms with van der Waals surface area (Å²) in [5.74, 6) is 0.718. The Hall–Kier alpha value is -0.740. The molecule has 0 radical (unpaired) electrons. The van der Waals surface area contributed by atoms with Gasteiger partial charge >= 0.3 is 0 Å². The minimum absolute atomic E-state index is 0.168. The zero-order chi connectivity index (χ0) is 10.6. The smallest absolute Gasteiger partial charge is 0.172 e. The number of hydrogen-bond acceptors (Lipinski definition) is 3. The number of methoxy groups -OCH3 is 1. The summed E-state index contributed by atoms with van der Waals surface area (Å²) in [4.78, 5) is 0. The lowest BCUT2D eigenvalue weighted by atomic mass is 10.1. The van der Waals surface area contributed by atoms with Crippen molar-refractivity contribution in [2.45, 2.75) is 6.42 Å². The van der Waals surface area contributed by atoms with Gasteiger partial charge in [-0.05, 0) is 47.6 Å². The van der Waals surface area contributed by atoms with Crippen LogP contribution in [0.1, 0.15) is 5.56 Å². The number of rotatable bonds is 4. The number of aromatic hydroxyl groups is 1. The van der Waals surface area contributed by atoms with Crippen molar-refractivity contribution in [1.29, 1.82) is 0 Å². The Morgan fingerprint density at radius 2 is 2.21 bits per heavy atom. The van der Waals surface area contributed by atoms with E-state index in [1.807, 2.05) is 19.2 Å². The van der Waals surface area contributed by atoms with E-state index in [9.17, 15) is 5.11 Å². The molecule has 0 heterocycles. The first kappa shape index (κ1) is 11.3. The van der Waals surface area contributed by atoms with E-state index in [2.05, 4.69) is 21.2 Å². The number of ether oxygens (including phenoxy) is 1. The largest absolute Gasteiger partial charge is 0.503 e. The molecule has 14 heavy (non-hydrogen) atoms. The fourth-order valence-electron chi connectivity index (χ4n) is 1.27. The van der Waals surface area contributed by atoms with Gasteiger partial charge in [-0.1, -0.05) is 6.07 Å². The maximum atomic E-state index is 9.69. The SMILES string of the molecule is CNCCc1ccc(Br)c(O)c1OC. The highest BCUT2D eigenvalue weighted by Crippen LogP contribution is 2.36. The van der Waals surface area contributed by atoms with Crippen LogP contribution in [0.2, 0.25) is 0 Å². The van der Waals surface area contributed by atoms with Gasteiger partial charge < -0.3 is 15.2 Å². The number of halogens is 1. The van der Waals surface area contributed by atoms with Crippen molar-refractivity contribution in [2.24, 2.45) is 0 Å². The lowest BCUT2D eigenvalue weighted by Crippen LogP contribution is -2.10. The first-order valence-electron chi connectivity index (χ1n) is 4.39. The maximum absolute atomic E-state index is 9.69. The normalized spacial score (nSPS) is 10.2. The van der Waals surface area contributed by atoms with Crippen molar-refractivity contribution in [2.75, 3.05) is 20.7 Å². The van der Waals surface area contributed by atoms with Crippen molar-refractivity contribution in [1.82, 2.24) is 5.32 Å². The van der Waals surface area contributed by atoms with E-state index in [0.717, 1.165) is 18.5 Å². The van der Waals surface area contributed by atoms with Gasteiger partial charge in [-0.15, -0.1) is 0 Å². The average Bonchev–Trinajstić information content (AvgIpc) is 2.20. The molecule has 0 aromatic heterocycles. The molecule has 0 saturated heterocycles. The van der Waals surface area contributed by atoms with Gasteiger partial charge in [0.05, 0.1) is 11.6 Å². The fraction of sp³-hybridized carbons (Fsp3) is 0.400. The number of nitrogens with one attached hydrogen (secondary N) is 1. The molecule has 1 rings (SSSR count). The molecular weight excluding hydrogens is 246 g/mol. The summed E-state index contributed by atoms with van der Waals surface area (Å²) in [7, 11) is 3.45. The van der Waals surface area contributed by atoms with Gasteiger partial charge in [0.15, 0.2) is 11.5 Å². The molecule has 1 aromatic rings. The molecule has 0 amide bonds. The monoisotopic (exact) mass is 259 g/mol. The predicted octanol–water partition coefficient (Wildman–Crippen LogP) is 1.93. The van der Waals surface area contributed by atoms with Crippen molar-refractivity contribution < 1.29 is 9.84 Å². The lowest BCUT2D eigenvalue weighted by molar-refractivity contribution is 0.367. The molecule has 4 heteroatoms. The molecule has 0 aliphatic heterocycles. The molecule has 78 valence electrons. The van der Waals surface area contributed by atoms with Crippen molar-refractivity contribution in [3.8, 4) is 11.5 Å². The average molecular weight is 260 g/mol. The number of likely N-dealkylation sites (N-methyl/N-ethyl adjacent to an activating group) is 1. The summed E-state index contributed by atoms with van der Waals surface area (Å²) in [6.07, 6.45) is 0.834. The number of hydrogen-bond donors (Lipinski definition) is 2. The van der Waals surface area contributed by atoms with Crippen LogP contribution in [0.3, 0.4) is 0 Å². The number of phenols is 1. The van der Waals surface area contributed by atoms with E-state index in [0.29, 0.717) is 10.2 Å². The fourth-order valence-corrected chi connectivity index (χ4v) is 1.59. The molecule has 0 bridgehead atoms. The van der Waals surface area contributed by atoms with Crippen LogP contribution in [-0.4, -0.2) is 25.8 Å². The van der Waals surface area contributed by atoms with Crippen molar-refractivity contribution in [3.05, 3.63) is 22.2 Å². The highest BCUT2D eigenvalue weighted by Gasteiger charge is 2.10. The Labute approximate surface area is 92.2 Å². The first-order valence-corrected chi connectivity index (χ1v) is 5.19. The highest BCUT2D eigenvalue weighted by atomic mass is 79.9. The van der Waals surface area contributed by atoms with Crippen LogP contribution in [0.5, 0.6) is 11.5 Å². The van der Waals surface area contributed by atoms with E-state index in [-0.39, 0.29) is 5.75 Å². The Morgan fingerprint density at radius 1 is 1.50 bits per heavy atom. The Morgan fingerprint density at radius 3 is 2.79 bits per heavy atom. The second-order valence-electron chi connectivity index (χ2n) is 2.94. The van der Waals surface area contributed by atoms with Crippen LogP contribution >= 0.6 is 15.9 Å². The van der Waals surface area contributed by atoms with Gasteiger partial charge in [0.1, 0.15) is 0 Å². The van der Waals surface area contributed by atoms with E-state index < -0.39 is 0 Å². The minimum atomic E-state index is 0.168. The molecule has 0 saturated carbocycles. The van der Waals surface area contributed by atoms with Gasteiger partial charge in [-0.25, -0.2) is 0 Å². The first-order chi connectivity index (χ1) is 6.70. The van der Waals surface area contributed by atoms with Gasteiger partial charge in [-0.3, -0.25) is 0 Å². The standard InChI is InChI=1S/C10H14BrNO2/c1-12-6-5-7-3-4-8(11)9(13)10(7)14-2/h3-4,12-13H,5-6H2,1-2H3. The van der Waals surface area contributed by atoms with Crippen LogP contribution in [0, 0.1) is 0 Å². The van der Waals surface area contributed by atoms with Crippen LogP contribution in [0.4, 0.5) is 0 Å². The number of benzene rings is 1. The summed E-state index contributed by atoms with van der Waals surface area (Å²) in [5.41, 5.74) is 1.00. The molecule has 0 unspecified atom stereocenters. The molecule has 0 aliphatic carbocycles. The van der Waals surface area contributed by atoms with Crippen molar-refractivity contribution in [3.63, 3.8) is 0 Å². The van der Waals surface area contributed by atoms with Crippen LogP contribution in [-0.2, 0) is 6.42 Å². The zero-order valence-electron chi connectivity index (χ0n) is 8.30. The highest BCUT2D eigenvalue weighted by molar-refractivity contribution is 9.10. The summed E-state index contributed by atoms with van der Waals surface area (Å²) in [6.45, 7) is 0.859. The Kier molecular flexibility index (Phi) is 4.22.